The molecule has 0 unspecified atom stereocenters. The zero-order valence-electron chi connectivity index (χ0n) is 13.5. The van der Waals surface area contributed by atoms with Crippen LogP contribution in [0.5, 0.6) is 0 Å². The molecule has 128 valence electrons. The number of halogens is 1. The van der Waals surface area contributed by atoms with E-state index in [2.05, 4.69) is 15.9 Å². The molecule has 2 fully saturated rings. The van der Waals surface area contributed by atoms with Crippen LogP contribution in [0.15, 0.2) is 28.7 Å². The van der Waals surface area contributed by atoms with Gasteiger partial charge in [0.15, 0.2) is 5.78 Å². The quantitative estimate of drug-likeness (QED) is 0.723. The molecule has 24 heavy (non-hydrogen) atoms. The van der Waals surface area contributed by atoms with Crippen LogP contribution in [0.1, 0.15) is 36.0 Å². The number of rotatable bonds is 5. The second-order valence-corrected chi connectivity index (χ2v) is 7.33. The first-order valence-corrected chi connectivity index (χ1v) is 9.19. The summed E-state index contributed by atoms with van der Waals surface area (Å²) in [5.41, 5.74) is 0.630. The van der Waals surface area contributed by atoms with Gasteiger partial charge in [-0.25, -0.2) is 0 Å². The van der Waals surface area contributed by atoms with Gasteiger partial charge in [0, 0.05) is 55.0 Å². The third kappa shape index (κ3) is 4.23. The Morgan fingerprint density at radius 3 is 2.08 bits per heavy atom. The van der Waals surface area contributed by atoms with E-state index >= 15 is 0 Å². The number of Topliss-reactive ketones (excluding diaryl/α,β-unsaturated/α-hetero) is 1. The first-order valence-electron chi connectivity index (χ1n) is 8.40. The molecule has 1 saturated carbocycles. The van der Waals surface area contributed by atoms with Crippen LogP contribution >= 0.6 is 15.9 Å². The van der Waals surface area contributed by atoms with Gasteiger partial charge in [0.25, 0.3) is 0 Å². The van der Waals surface area contributed by atoms with Crippen LogP contribution in [-0.2, 0) is 9.59 Å². The number of benzene rings is 1. The Morgan fingerprint density at radius 2 is 1.50 bits per heavy atom. The Hall–Kier alpha value is -1.69. The molecule has 0 spiro atoms. The van der Waals surface area contributed by atoms with Crippen molar-refractivity contribution in [3.05, 3.63) is 34.3 Å². The summed E-state index contributed by atoms with van der Waals surface area (Å²) in [7, 11) is 0. The number of amides is 2. The third-order valence-corrected chi connectivity index (χ3v) is 5.13. The van der Waals surface area contributed by atoms with E-state index in [-0.39, 0.29) is 36.4 Å². The maximum atomic E-state index is 12.3. The average molecular weight is 393 g/mol. The van der Waals surface area contributed by atoms with E-state index < -0.39 is 0 Å². The summed E-state index contributed by atoms with van der Waals surface area (Å²) in [6.45, 7) is 2.37. The Balaban J connectivity index is 1.43. The zero-order chi connectivity index (χ0) is 17.1. The molecule has 0 radical (unpaired) electrons. The van der Waals surface area contributed by atoms with Crippen LogP contribution < -0.4 is 0 Å². The van der Waals surface area contributed by atoms with Gasteiger partial charge in [0.2, 0.25) is 11.8 Å². The highest BCUT2D eigenvalue weighted by atomic mass is 79.9. The summed E-state index contributed by atoms with van der Waals surface area (Å²) in [5.74, 6) is 0.459. The number of carbonyl (C=O) groups is 3. The summed E-state index contributed by atoms with van der Waals surface area (Å²) in [6, 6.07) is 7.18. The molecule has 6 heteroatoms. The second-order valence-electron chi connectivity index (χ2n) is 6.41. The summed E-state index contributed by atoms with van der Waals surface area (Å²) in [5, 5.41) is 0. The van der Waals surface area contributed by atoms with Gasteiger partial charge >= 0.3 is 0 Å². The van der Waals surface area contributed by atoms with Gasteiger partial charge in [-0.05, 0) is 25.0 Å². The second kappa shape index (κ2) is 7.47. The largest absolute Gasteiger partial charge is 0.339 e. The van der Waals surface area contributed by atoms with Gasteiger partial charge in [-0.1, -0.05) is 28.1 Å². The highest BCUT2D eigenvalue weighted by Crippen LogP contribution is 2.31. The van der Waals surface area contributed by atoms with Crippen molar-refractivity contribution in [2.45, 2.75) is 25.7 Å². The number of ketones is 1. The predicted molar refractivity (Wildman–Crippen MR) is 93.6 cm³/mol. The lowest BCUT2D eigenvalue weighted by atomic mass is 10.1. The topological polar surface area (TPSA) is 57.7 Å². The molecule has 1 heterocycles. The monoisotopic (exact) mass is 392 g/mol. The molecule has 1 aliphatic heterocycles. The fraction of sp³-hybridized carbons (Fsp3) is 0.500. The summed E-state index contributed by atoms with van der Waals surface area (Å²) < 4.78 is 0.925. The first kappa shape index (κ1) is 17.1. The minimum Gasteiger partial charge on any atom is -0.339 e. The molecule has 0 atom stereocenters. The van der Waals surface area contributed by atoms with Crippen molar-refractivity contribution in [2.24, 2.45) is 5.92 Å². The van der Waals surface area contributed by atoms with Crippen molar-refractivity contribution in [1.82, 2.24) is 9.80 Å². The summed E-state index contributed by atoms with van der Waals surface area (Å²) in [4.78, 5) is 40.0. The Kier molecular flexibility index (Phi) is 5.33. The van der Waals surface area contributed by atoms with Crippen molar-refractivity contribution in [3.63, 3.8) is 0 Å². The predicted octanol–water partition coefficient (Wildman–Crippen LogP) is 2.49. The molecular formula is C18H21BrN2O3. The summed E-state index contributed by atoms with van der Waals surface area (Å²) in [6.07, 6.45) is 2.47. The standard InChI is InChI=1S/C18H21BrN2O3/c19-15-5-3-13(4-6-15)16(22)7-8-17(23)20-9-11-21(12-10-20)18(24)14-1-2-14/h3-6,14H,1-2,7-12H2. The lowest BCUT2D eigenvalue weighted by Crippen LogP contribution is -2.51. The number of nitrogens with zero attached hydrogens (tertiary/aromatic N) is 2. The van der Waals surface area contributed by atoms with E-state index in [9.17, 15) is 14.4 Å². The van der Waals surface area contributed by atoms with Crippen molar-refractivity contribution < 1.29 is 14.4 Å². The number of hydrogen-bond acceptors (Lipinski definition) is 3. The molecule has 0 bridgehead atoms. The van der Waals surface area contributed by atoms with Gasteiger partial charge in [-0.2, -0.15) is 0 Å². The van der Waals surface area contributed by atoms with Crippen molar-refractivity contribution >= 4 is 33.5 Å². The van der Waals surface area contributed by atoms with Gasteiger partial charge < -0.3 is 9.80 Å². The lowest BCUT2D eigenvalue weighted by Gasteiger charge is -2.35. The molecule has 2 aliphatic rings. The van der Waals surface area contributed by atoms with Crippen LogP contribution in [0.4, 0.5) is 0 Å². The van der Waals surface area contributed by atoms with Gasteiger partial charge in [0.05, 0.1) is 0 Å². The SMILES string of the molecule is O=C(CCC(=O)N1CCN(C(=O)C2CC2)CC1)c1ccc(Br)cc1. The molecule has 0 N–H and O–H groups in total. The van der Waals surface area contributed by atoms with E-state index in [1.54, 1.807) is 17.0 Å². The Bertz CT molecular complexity index is 632. The Morgan fingerprint density at radius 1 is 0.917 bits per heavy atom. The molecule has 2 amide bonds. The Labute approximate surface area is 150 Å². The molecule has 1 aromatic rings. The normalized spacial score (nSPS) is 17.7. The average Bonchev–Trinajstić information content (AvgIpc) is 3.44. The third-order valence-electron chi connectivity index (χ3n) is 4.60. The van der Waals surface area contributed by atoms with E-state index in [1.165, 1.54) is 0 Å². The molecular weight excluding hydrogens is 372 g/mol. The maximum Gasteiger partial charge on any atom is 0.225 e. The highest BCUT2D eigenvalue weighted by Gasteiger charge is 2.35. The van der Waals surface area contributed by atoms with Gasteiger partial charge in [-0.3, -0.25) is 14.4 Å². The van der Waals surface area contributed by atoms with Gasteiger partial charge in [0.1, 0.15) is 0 Å². The minimum atomic E-state index is -0.0154. The van der Waals surface area contributed by atoms with Crippen LogP contribution in [-0.4, -0.2) is 53.6 Å². The maximum absolute atomic E-state index is 12.3. The molecule has 1 aliphatic carbocycles. The molecule has 1 saturated heterocycles. The van der Waals surface area contributed by atoms with E-state index in [1.807, 2.05) is 17.0 Å². The molecule has 5 nitrogen and oxygen atoms in total. The van der Waals surface area contributed by atoms with Crippen LogP contribution in [0.2, 0.25) is 0 Å². The van der Waals surface area contributed by atoms with E-state index in [0.29, 0.717) is 31.7 Å². The number of hydrogen-bond donors (Lipinski definition) is 0. The lowest BCUT2D eigenvalue weighted by molar-refractivity contribution is -0.140. The minimum absolute atomic E-state index is 0.000942. The number of carbonyl (C=O) groups excluding carboxylic acids is 3. The van der Waals surface area contributed by atoms with Gasteiger partial charge in [-0.15, -0.1) is 0 Å². The van der Waals surface area contributed by atoms with Crippen molar-refractivity contribution in [1.29, 1.82) is 0 Å². The van der Waals surface area contributed by atoms with E-state index in [0.717, 1.165) is 17.3 Å². The first-order chi connectivity index (χ1) is 11.5. The smallest absolute Gasteiger partial charge is 0.225 e. The molecule has 3 rings (SSSR count). The molecule has 1 aromatic carbocycles. The summed E-state index contributed by atoms with van der Waals surface area (Å²) >= 11 is 3.34. The van der Waals surface area contributed by atoms with E-state index in [4.69, 9.17) is 0 Å². The van der Waals surface area contributed by atoms with Crippen molar-refractivity contribution in [3.8, 4) is 0 Å². The number of piperazine rings is 1. The highest BCUT2D eigenvalue weighted by molar-refractivity contribution is 9.10. The van der Waals surface area contributed by atoms with Crippen molar-refractivity contribution in [2.75, 3.05) is 26.2 Å². The molecule has 0 aromatic heterocycles. The fourth-order valence-electron chi connectivity index (χ4n) is 2.92. The van der Waals surface area contributed by atoms with Crippen LogP contribution in [0, 0.1) is 5.92 Å². The van der Waals surface area contributed by atoms with Crippen LogP contribution in [0.3, 0.4) is 0 Å². The fourth-order valence-corrected chi connectivity index (χ4v) is 3.19. The van der Waals surface area contributed by atoms with Crippen LogP contribution in [0.25, 0.3) is 0 Å². The zero-order valence-corrected chi connectivity index (χ0v) is 15.1.